The molecule has 21 heavy (non-hydrogen) atoms. The van der Waals surface area contributed by atoms with Gasteiger partial charge in [-0.2, -0.15) is 0 Å². The highest BCUT2D eigenvalue weighted by Gasteiger charge is 2.32. The maximum atomic E-state index is 12.8. The van der Waals surface area contributed by atoms with Crippen LogP contribution in [0.4, 0.5) is 0 Å². The first-order chi connectivity index (χ1) is 10.2. The molecule has 1 aromatic rings. The van der Waals surface area contributed by atoms with Crippen molar-refractivity contribution in [2.24, 2.45) is 0 Å². The minimum absolute atomic E-state index is 0.0381. The van der Waals surface area contributed by atoms with E-state index in [1.807, 2.05) is 9.80 Å². The fourth-order valence-corrected chi connectivity index (χ4v) is 5.34. The van der Waals surface area contributed by atoms with E-state index in [4.69, 9.17) is 0 Å². The Hall–Kier alpha value is -1.01. The third kappa shape index (κ3) is 3.11. The van der Waals surface area contributed by atoms with Crippen molar-refractivity contribution in [3.63, 3.8) is 0 Å². The van der Waals surface area contributed by atoms with Crippen LogP contribution in [0.15, 0.2) is 11.4 Å². The van der Waals surface area contributed by atoms with Crippen molar-refractivity contribution >= 4 is 34.9 Å². The molecule has 0 unspecified atom stereocenters. The predicted molar refractivity (Wildman–Crippen MR) is 86.7 cm³/mol. The highest BCUT2D eigenvalue weighted by molar-refractivity contribution is 8.00. The Balaban J connectivity index is 1.70. The summed E-state index contributed by atoms with van der Waals surface area (Å²) in [5.74, 6) is 1.36. The van der Waals surface area contributed by atoms with Crippen LogP contribution in [0, 0.1) is 0 Å². The SMILES string of the molecule is CC(=O)N1CCCN(C(=O)[C@@H]2SCCc3sccc32)CC1. The van der Waals surface area contributed by atoms with Crippen LogP contribution in [0.5, 0.6) is 0 Å². The molecule has 0 spiro atoms. The van der Waals surface area contributed by atoms with Gasteiger partial charge in [0.2, 0.25) is 11.8 Å². The fraction of sp³-hybridized carbons (Fsp3) is 0.600. The van der Waals surface area contributed by atoms with Gasteiger partial charge in [-0.25, -0.2) is 0 Å². The van der Waals surface area contributed by atoms with Crippen LogP contribution in [0.2, 0.25) is 0 Å². The van der Waals surface area contributed by atoms with Crippen molar-refractivity contribution < 1.29 is 9.59 Å². The van der Waals surface area contributed by atoms with Crippen molar-refractivity contribution in [1.29, 1.82) is 0 Å². The van der Waals surface area contributed by atoms with Gasteiger partial charge in [-0.15, -0.1) is 23.1 Å². The lowest BCUT2D eigenvalue weighted by atomic mass is 10.1. The van der Waals surface area contributed by atoms with Crippen LogP contribution in [0.25, 0.3) is 0 Å². The van der Waals surface area contributed by atoms with Gasteiger partial charge < -0.3 is 9.80 Å². The van der Waals surface area contributed by atoms with Gasteiger partial charge in [-0.05, 0) is 35.6 Å². The van der Waals surface area contributed by atoms with Crippen molar-refractivity contribution in [3.05, 3.63) is 21.9 Å². The normalized spacial score (nSPS) is 22.6. The molecular formula is C15H20N2O2S2. The molecule has 0 radical (unpaired) electrons. The second-order valence-electron chi connectivity index (χ2n) is 5.48. The summed E-state index contributed by atoms with van der Waals surface area (Å²) in [6, 6.07) is 2.11. The molecular weight excluding hydrogens is 304 g/mol. The zero-order chi connectivity index (χ0) is 14.8. The molecule has 2 aliphatic rings. The second kappa shape index (κ2) is 6.40. The third-order valence-electron chi connectivity index (χ3n) is 4.15. The number of fused-ring (bicyclic) bond motifs is 1. The Morgan fingerprint density at radius 3 is 2.76 bits per heavy atom. The van der Waals surface area contributed by atoms with E-state index in [1.54, 1.807) is 30.0 Å². The second-order valence-corrected chi connectivity index (χ2v) is 7.70. The molecule has 0 N–H and O–H groups in total. The molecule has 4 nitrogen and oxygen atoms in total. The molecule has 0 bridgehead atoms. The summed E-state index contributed by atoms with van der Waals surface area (Å²) in [6.07, 6.45) is 1.96. The summed E-state index contributed by atoms with van der Waals surface area (Å²) >= 11 is 3.53. The first-order valence-corrected chi connectivity index (χ1v) is 9.32. The maximum absolute atomic E-state index is 12.8. The average molecular weight is 324 g/mol. The first kappa shape index (κ1) is 14.9. The van der Waals surface area contributed by atoms with E-state index in [-0.39, 0.29) is 17.1 Å². The number of thiophene rings is 1. The lowest BCUT2D eigenvalue weighted by Gasteiger charge is -2.28. The Labute approximate surface area is 133 Å². The molecule has 0 aliphatic carbocycles. The van der Waals surface area contributed by atoms with Crippen molar-refractivity contribution in [1.82, 2.24) is 9.80 Å². The monoisotopic (exact) mass is 324 g/mol. The minimum atomic E-state index is -0.0381. The topological polar surface area (TPSA) is 40.6 Å². The number of aryl methyl sites for hydroxylation is 1. The van der Waals surface area contributed by atoms with Crippen LogP contribution < -0.4 is 0 Å². The van der Waals surface area contributed by atoms with Crippen LogP contribution in [-0.2, 0) is 16.0 Å². The summed E-state index contributed by atoms with van der Waals surface area (Å²) in [5.41, 5.74) is 1.22. The van der Waals surface area contributed by atoms with Crippen molar-refractivity contribution in [2.75, 3.05) is 31.9 Å². The Morgan fingerprint density at radius 1 is 1.19 bits per heavy atom. The molecule has 1 saturated heterocycles. The van der Waals surface area contributed by atoms with Gasteiger partial charge in [0.25, 0.3) is 0 Å². The number of hydrogen-bond acceptors (Lipinski definition) is 4. The summed E-state index contributed by atoms with van der Waals surface area (Å²) in [4.78, 5) is 29.5. The molecule has 1 aromatic heterocycles. The quantitative estimate of drug-likeness (QED) is 0.795. The smallest absolute Gasteiger partial charge is 0.240 e. The van der Waals surface area contributed by atoms with E-state index >= 15 is 0 Å². The zero-order valence-corrected chi connectivity index (χ0v) is 13.8. The van der Waals surface area contributed by atoms with E-state index in [0.717, 1.165) is 31.7 Å². The predicted octanol–water partition coefficient (Wildman–Crippen LogP) is 2.16. The molecule has 2 amide bonds. The van der Waals surface area contributed by atoms with E-state index in [2.05, 4.69) is 11.4 Å². The summed E-state index contributed by atoms with van der Waals surface area (Å²) in [5, 5.41) is 2.06. The molecule has 114 valence electrons. The van der Waals surface area contributed by atoms with Gasteiger partial charge in [0, 0.05) is 38.0 Å². The lowest BCUT2D eigenvalue weighted by molar-refractivity contribution is -0.132. The standard InChI is InChI=1S/C15H20N2O2S2/c1-11(18)16-5-2-6-17(8-7-16)15(19)14-12-3-9-20-13(12)4-10-21-14/h3,9,14H,2,4-8,10H2,1H3/t14-/m1/s1. The van der Waals surface area contributed by atoms with Crippen LogP contribution in [0.3, 0.4) is 0 Å². The molecule has 0 aromatic carbocycles. The highest BCUT2D eigenvalue weighted by Crippen LogP contribution is 2.40. The fourth-order valence-electron chi connectivity index (χ4n) is 2.97. The number of carbonyl (C=O) groups excluding carboxylic acids is 2. The van der Waals surface area contributed by atoms with Gasteiger partial charge in [-0.3, -0.25) is 9.59 Å². The number of carbonyl (C=O) groups is 2. The minimum Gasteiger partial charge on any atom is -0.341 e. The van der Waals surface area contributed by atoms with E-state index in [9.17, 15) is 9.59 Å². The number of nitrogens with zero attached hydrogens (tertiary/aromatic N) is 2. The van der Waals surface area contributed by atoms with E-state index < -0.39 is 0 Å². The Morgan fingerprint density at radius 2 is 1.95 bits per heavy atom. The lowest BCUT2D eigenvalue weighted by Crippen LogP contribution is -2.39. The molecule has 2 aliphatic heterocycles. The van der Waals surface area contributed by atoms with Crippen LogP contribution >= 0.6 is 23.1 Å². The zero-order valence-electron chi connectivity index (χ0n) is 12.2. The maximum Gasteiger partial charge on any atom is 0.240 e. The molecule has 3 heterocycles. The van der Waals surface area contributed by atoms with E-state index in [0.29, 0.717) is 13.1 Å². The van der Waals surface area contributed by atoms with Crippen molar-refractivity contribution in [2.45, 2.75) is 25.0 Å². The number of hydrogen-bond donors (Lipinski definition) is 0. The molecule has 3 rings (SSSR count). The third-order valence-corrected chi connectivity index (χ3v) is 6.38. The molecule has 6 heteroatoms. The molecule has 1 fully saturated rings. The van der Waals surface area contributed by atoms with E-state index in [1.165, 1.54) is 10.4 Å². The van der Waals surface area contributed by atoms with Gasteiger partial charge in [0.1, 0.15) is 5.25 Å². The summed E-state index contributed by atoms with van der Waals surface area (Å²) < 4.78 is 0. The van der Waals surface area contributed by atoms with Crippen LogP contribution in [0.1, 0.15) is 29.0 Å². The number of thioether (sulfide) groups is 1. The summed E-state index contributed by atoms with van der Waals surface area (Å²) in [6.45, 7) is 4.45. The first-order valence-electron chi connectivity index (χ1n) is 7.39. The number of amides is 2. The van der Waals surface area contributed by atoms with Gasteiger partial charge in [0.05, 0.1) is 0 Å². The molecule has 0 saturated carbocycles. The Kier molecular flexibility index (Phi) is 4.54. The number of rotatable bonds is 1. The van der Waals surface area contributed by atoms with Gasteiger partial charge in [-0.1, -0.05) is 0 Å². The Bertz CT molecular complexity index is 544. The molecule has 1 atom stereocenters. The largest absolute Gasteiger partial charge is 0.341 e. The average Bonchev–Trinajstić information content (AvgIpc) is 2.81. The van der Waals surface area contributed by atoms with Gasteiger partial charge in [0.15, 0.2) is 0 Å². The van der Waals surface area contributed by atoms with Crippen LogP contribution in [-0.4, -0.2) is 53.5 Å². The highest BCUT2D eigenvalue weighted by atomic mass is 32.2. The van der Waals surface area contributed by atoms with Crippen molar-refractivity contribution in [3.8, 4) is 0 Å². The van der Waals surface area contributed by atoms with Gasteiger partial charge >= 0.3 is 0 Å². The summed E-state index contributed by atoms with van der Waals surface area (Å²) in [7, 11) is 0.